The summed E-state index contributed by atoms with van der Waals surface area (Å²) in [7, 11) is 3.60. The second-order valence-electron chi connectivity index (χ2n) is 5.90. The quantitative estimate of drug-likeness (QED) is 0.507. The van der Waals surface area contributed by atoms with Crippen LogP contribution in [0.5, 0.6) is 0 Å². The van der Waals surface area contributed by atoms with E-state index in [1.807, 2.05) is 7.05 Å². The number of aryl methyl sites for hydroxylation is 1. The van der Waals surface area contributed by atoms with E-state index in [1.54, 1.807) is 11.9 Å². The zero-order valence-electron chi connectivity index (χ0n) is 13.9. The van der Waals surface area contributed by atoms with Gasteiger partial charge in [0.25, 0.3) is 0 Å². The maximum atomic E-state index is 12.2. The van der Waals surface area contributed by atoms with Gasteiger partial charge in [0.2, 0.25) is 11.8 Å². The fourth-order valence-electron chi connectivity index (χ4n) is 2.42. The van der Waals surface area contributed by atoms with Crippen LogP contribution in [0.3, 0.4) is 0 Å². The van der Waals surface area contributed by atoms with E-state index in [4.69, 9.17) is 0 Å². The lowest BCUT2D eigenvalue weighted by atomic mass is 10.3. The van der Waals surface area contributed by atoms with Gasteiger partial charge in [0.15, 0.2) is 0 Å². The Labute approximate surface area is 139 Å². The smallest absolute Gasteiger partial charge is 0.306 e. The minimum atomic E-state index is -0.536. The van der Waals surface area contributed by atoms with E-state index in [2.05, 4.69) is 10.00 Å². The summed E-state index contributed by atoms with van der Waals surface area (Å²) in [5.74, 6) is -0.260. The number of rotatable bonds is 6. The van der Waals surface area contributed by atoms with E-state index in [9.17, 15) is 19.7 Å². The predicted octanol–water partition coefficient (Wildman–Crippen LogP) is -0.586. The topological polar surface area (TPSA) is 105 Å². The molecule has 10 nitrogen and oxygen atoms in total. The molecule has 0 N–H and O–H groups in total. The Morgan fingerprint density at radius 3 is 2.58 bits per heavy atom. The van der Waals surface area contributed by atoms with Gasteiger partial charge in [0.05, 0.1) is 11.5 Å². The molecule has 0 bridgehead atoms. The Morgan fingerprint density at radius 2 is 2.00 bits per heavy atom. The highest BCUT2D eigenvalue weighted by molar-refractivity contribution is 5.84. The third-order valence-corrected chi connectivity index (χ3v) is 4.04. The minimum absolute atomic E-state index is 0.0435. The number of carbonyl (C=O) groups excluding carboxylic acids is 2. The molecule has 2 rings (SSSR count). The lowest BCUT2D eigenvalue weighted by molar-refractivity contribution is -0.385. The number of hydrogen-bond acceptors (Lipinski definition) is 6. The third kappa shape index (κ3) is 4.75. The summed E-state index contributed by atoms with van der Waals surface area (Å²) in [5.41, 5.74) is -0.110. The monoisotopic (exact) mass is 338 g/mol. The first-order chi connectivity index (χ1) is 11.4. The maximum absolute atomic E-state index is 12.2. The molecule has 0 unspecified atom stereocenters. The summed E-state index contributed by atoms with van der Waals surface area (Å²) in [6.07, 6.45) is 2.55. The van der Waals surface area contributed by atoms with Crippen LogP contribution in [0.25, 0.3) is 0 Å². The average molecular weight is 338 g/mol. The van der Waals surface area contributed by atoms with Crippen molar-refractivity contribution in [2.75, 3.05) is 46.8 Å². The maximum Gasteiger partial charge on any atom is 0.306 e. The molecule has 0 aliphatic carbocycles. The largest absolute Gasteiger partial charge is 0.339 e. The predicted molar refractivity (Wildman–Crippen MR) is 85.2 cm³/mol. The molecular weight excluding hydrogens is 316 g/mol. The fourth-order valence-corrected chi connectivity index (χ4v) is 2.42. The highest BCUT2D eigenvalue weighted by atomic mass is 16.6. The fraction of sp³-hybridized carbons (Fsp3) is 0.643. The highest BCUT2D eigenvalue weighted by Gasteiger charge is 2.21. The molecule has 0 atom stereocenters. The molecule has 0 saturated carbocycles. The van der Waals surface area contributed by atoms with E-state index < -0.39 is 4.92 Å². The summed E-state index contributed by atoms with van der Waals surface area (Å²) >= 11 is 0. The van der Waals surface area contributed by atoms with E-state index in [-0.39, 0.29) is 37.0 Å². The lowest BCUT2D eigenvalue weighted by Crippen LogP contribution is -2.50. The number of aromatic nitrogens is 2. The standard InChI is InChI=1S/C14H22N6O4/c1-16-5-7-18(8-6-16)14(22)11-17(2)13(21)3-4-19-10-12(9-15-19)20(23)24/h9-10H,3-8,11H2,1-2H3. The number of carbonyl (C=O) groups is 2. The van der Waals surface area contributed by atoms with Crippen molar-refractivity contribution in [3.63, 3.8) is 0 Å². The summed E-state index contributed by atoms with van der Waals surface area (Å²) in [6, 6.07) is 0. The van der Waals surface area contributed by atoms with Gasteiger partial charge in [-0.2, -0.15) is 5.10 Å². The van der Waals surface area contributed by atoms with Gasteiger partial charge >= 0.3 is 5.69 Å². The second kappa shape index (κ2) is 7.86. The molecule has 24 heavy (non-hydrogen) atoms. The van der Waals surface area contributed by atoms with E-state index in [0.717, 1.165) is 19.3 Å². The molecule has 10 heteroatoms. The molecule has 1 aromatic heterocycles. The molecule has 1 aromatic rings. The van der Waals surface area contributed by atoms with Gasteiger partial charge in [-0.25, -0.2) is 0 Å². The summed E-state index contributed by atoms with van der Waals surface area (Å²) in [4.78, 5) is 39.6. The molecule has 0 spiro atoms. The van der Waals surface area contributed by atoms with Crippen LogP contribution in [0.2, 0.25) is 0 Å². The first-order valence-corrected chi connectivity index (χ1v) is 7.74. The Morgan fingerprint density at radius 1 is 1.33 bits per heavy atom. The van der Waals surface area contributed by atoms with E-state index >= 15 is 0 Å². The van der Waals surface area contributed by atoms with Crippen molar-refractivity contribution in [1.29, 1.82) is 0 Å². The van der Waals surface area contributed by atoms with Crippen molar-refractivity contribution >= 4 is 17.5 Å². The number of piperazine rings is 1. The van der Waals surface area contributed by atoms with Crippen molar-refractivity contribution < 1.29 is 14.5 Å². The third-order valence-electron chi connectivity index (χ3n) is 4.04. The van der Waals surface area contributed by atoms with Crippen LogP contribution in [-0.2, 0) is 16.1 Å². The number of likely N-dealkylation sites (N-methyl/N-ethyl adjacent to an activating group) is 2. The van der Waals surface area contributed by atoms with Gasteiger partial charge in [0, 0.05) is 46.2 Å². The molecule has 132 valence electrons. The van der Waals surface area contributed by atoms with Crippen molar-refractivity contribution in [3.8, 4) is 0 Å². The Kier molecular flexibility index (Phi) is 5.85. The molecule has 1 aliphatic rings. The van der Waals surface area contributed by atoms with Gasteiger partial charge < -0.3 is 14.7 Å². The average Bonchev–Trinajstić information content (AvgIpc) is 3.02. The normalized spacial score (nSPS) is 15.3. The molecule has 2 amide bonds. The molecule has 1 fully saturated rings. The highest BCUT2D eigenvalue weighted by Crippen LogP contribution is 2.08. The lowest BCUT2D eigenvalue weighted by Gasteiger charge is -2.33. The zero-order chi connectivity index (χ0) is 17.7. The van der Waals surface area contributed by atoms with Gasteiger partial charge in [-0.3, -0.25) is 24.4 Å². The number of nitrogens with zero attached hydrogens (tertiary/aromatic N) is 6. The van der Waals surface area contributed by atoms with Crippen LogP contribution in [0, 0.1) is 10.1 Å². The summed E-state index contributed by atoms with van der Waals surface area (Å²) in [6.45, 7) is 3.30. The molecule has 1 aliphatic heterocycles. The number of amides is 2. The second-order valence-corrected chi connectivity index (χ2v) is 5.90. The molecule has 2 heterocycles. The summed E-state index contributed by atoms with van der Waals surface area (Å²) < 4.78 is 1.35. The Hall–Kier alpha value is -2.49. The van der Waals surface area contributed by atoms with Crippen LogP contribution in [0.15, 0.2) is 12.4 Å². The first-order valence-electron chi connectivity index (χ1n) is 7.74. The van der Waals surface area contributed by atoms with E-state index in [0.29, 0.717) is 13.1 Å². The van der Waals surface area contributed by atoms with Crippen LogP contribution >= 0.6 is 0 Å². The zero-order valence-corrected chi connectivity index (χ0v) is 13.9. The van der Waals surface area contributed by atoms with Gasteiger partial charge in [-0.1, -0.05) is 0 Å². The minimum Gasteiger partial charge on any atom is -0.339 e. The van der Waals surface area contributed by atoms with Gasteiger partial charge in [-0.05, 0) is 7.05 Å². The van der Waals surface area contributed by atoms with Crippen LogP contribution in [-0.4, -0.2) is 88.0 Å². The Bertz CT molecular complexity index is 608. The van der Waals surface area contributed by atoms with Crippen LogP contribution in [0.1, 0.15) is 6.42 Å². The van der Waals surface area contributed by atoms with Crippen LogP contribution < -0.4 is 0 Å². The van der Waals surface area contributed by atoms with Crippen molar-refractivity contribution in [2.45, 2.75) is 13.0 Å². The SMILES string of the molecule is CN1CCN(C(=O)CN(C)C(=O)CCn2cc([N+](=O)[O-])cn2)CC1. The first kappa shape index (κ1) is 17.9. The molecule has 1 saturated heterocycles. The van der Waals surface area contributed by atoms with Crippen molar-refractivity contribution in [2.24, 2.45) is 0 Å². The van der Waals surface area contributed by atoms with Crippen molar-refractivity contribution in [3.05, 3.63) is 22.5 Å². The van der Waals surface area contributed by atoms with Gasteiger partial charge in [0.1, 0.15) is 12.4 Å². The van der Waals surface area contributed by atoms with Gasteiger partial charge in [-0.15, -0.1) is 0 Å². The molecule has 0 aromatic carbocycles. The molecule has 0 radical (unpaired) electrons. The molecular formula is C14H22N6O4. The number of nitro groups is 1. The summed E-state index contributed by atoms with van der Waals surface area (Å²) in [5, 5.41) is 14.4. The Balaban J connectivity index is 1.77. The van der Waals surface area contributed by atoms with Crippen molar-refractivity contribution in [1.82, 2.24) is 24.5 Å². The van der Waals surface area contributed by atoms with E-state index in [1.165, 1.54) is 15.8 Å². The number of hydrogen-bond donors (Lipinski definition) is 0. The van der Waals surface area contributed by atoms with Crippen LogP contribution in [0.4, 0.5) is 5.69 Å².